The summed E-state index contributed by atoms with van der Waals surface area (Å²) in [6, 6.07) is 6.17. The molecule has 0 bridgehead atoms. The van der Waals surface area contributed by atoms with Gasteiger partial charge in [0.05, 0.1) is 9.35 Å². The van der Waals surface area contributed by atoms with Gasteiger partial charge in [-0.1, -0.05) is 0 Å². The summed E-state index contributed by atoms with van der Waals surface area (Å²) in [7, 11) is 0. The molecule has 0 aliphatic heterocycles. The predicted octanol–water partition coefficient (Wildman–Crippen LogP) is 4.66. The number of benzene rings is 1. The highest BCUT2D eigenvalue weighted by Gasteiger charge is 2.09. The van der Waals surface area contributed by atoms with Crippen LogP contribution < -0.4 is 5.32 Å². The highest BCUT2D eigenvalue weighted by Crippen LogP contribution is 2.23. The SMILES string of the molecule is O=C(Nc1ccc(Br)c(F)c1)c1cc(Br)cs1. The molecule has 0 unspecified atom stereocenters. The summed E-state index contributed by atoms with van der Waals surface area (Å²) in [5.74, 6) is -0.655. The molecule has 1 heterocycles. The zero-order valence-electron chi connectivity index (χ0n) is 8.34. The lowest BCUT2D eigenvalue weighted by Gasteiger charge is -2.04. The zero-order valence-corrected chi connectivity index (χ0v) is 12.3. The Balaban J connectivity index is 2.15. The minimum Gasteiger partial charge on any atom is -0.321 e. The molecule has 0 atom stereocenters. The average molecular weight is 379 g/mol. The molecule has 0 aliphatic carbocycles. The first kappa shape index (κ1) is 12.7. The van der Waals surface area contributed by atoms with Gasteiger partial charge in [-0.3, -0.25) is 4.79 Å². The molecule has 2 aromatic rings. The number of hydrogen-bond acceptors (Lipinski definition) is 2. The van der Waals surface area contributed by atoms with E-state index >= 15 is 0 Å². The number of carbonyl (C=O) groups excluding carboxylic acids is 1. The Morgan fingerprint density at radius 1 is 1.29 bits per heavy atom. The van der Waals surface area contributed by atoms with E-state index in [1.807, 2.05) is 5.38 Å². The zero-order chi connectivity index (χ0) is 12.4. The minimum absolute atomic E-state index is 0.248. The molecule has 0 saturated carbocycles. The molecule has 1 N–H and O–H groups in total. The van der Waals surface area contributed by atoms with Crippen molar-refractivity contribution in [3.63, 3.8) is 0 Å². The molecule has 0 aliphatic rings. The van der Waals surface area contributed by atoms with Crippen LogP contribution in [0.1, 0.15) is 9.67 Å². The van der Waals surface area contributed by atoms with E-state index in [9.17, 15) is 9.18 Å². The minimum atomic E-state index is -0.407. The first-order valence-electron chi connectivity index (χ1n) is 4.56. The fourth-order valence-corrected chi connectivity index (χ4v) is 2.77. The monoisotopic (exact) mass is 377 g/mol. The van der Waals surface area contributed by atoms with Crippen LogP contribution in [-0.4, -0.2) is 5.91 Å². The third kappa shape index (κ3) is 3.14. The maximum atomic E-state index is 13.2. The average Bonchev–Trinajstić information content (AvgIpc) is 2.70. The third-order valence-electron chi connectivity index (χ3n) is 1.97. The van der Waals surface area contributed by atoms with Gasteiger partial charge in [-0.25, -0.2) is 4.39 Å². The summed E-state index contributed by atoms with van der Waals surface area (Å²) in [6.07, 6.45) is 0. The second-order valence-corrected chi connectivity index (χ2v) is 5.89. The molecular formula is C11H6Br2FNOS. The number of carbonyl (C=O) groups is 1. The highest BCUT2D eigenvalue weighted by molar-refractivity contribution is 9.10. The molecular weight excluding hydrogens is 373 g/mol. The van der Waals surface area contributed by atoms with Gasteiger partial charge in [0.25, 0.3) is 5.91 Å². The van der Waals surface area contributed by atoms with E-state index in [1.54, 1.807) is 18.2 Å². The van der Waals surface area contributed by atoms with Crippen molar-refractivity contribution in [3.05, 3.63) is 49.3 Å². The Labute approximate surface area is 118 Å². The molecule has 2 nitrogen and oxygen atoms in total. The molecule has 0 saturated heterocycles. The number of thiophene rings is 1. The molecule has 1 amide bonds. The van der Waals surface area contributed by atoms with Crippen LogP contribution in [0.25, 0.3) is 0 Å². The Kier molecular flexibility index (Phi) is 3.96. The van der Waals surface area contributed by atoms with Gasteiger partial charge in [0, 0.05) is 15.5 Å². The highest BCUT2D eigenvalue weighted by atomic mass is 79.9. The van der Waals surface area contributed by atoms with Crippen LogP contribution in [0.3, 0.4) is 0 Å². The molecule has 6 heteroatoms. The smallest absolute Gasteiger partial charge is 0.265 e. The van der Waals surface area contributed by atoms with Gasteiger partial charge in [0.15, 0.2) is 0 Å². The molecule has 0 radical (unpaired) electrons. The van der Waals surface area contributed by atoms with Crippen molar-refractivity contribution >= 4 is 54.8 Å². The van der Waals surface area contributed by atoms with Gasteiger partial charge in [-0.2, -0.15) is 0 Å². The van der Waals surface area contributed by atoms with Crippen molar-refractivity contribution in [2.24, 2.45) is 0 Å². The third-order valence-corrected chi connectivity index (χ3v) is 4.30. The first-order chi connectivity index (χ1) is 8.06. The van der Waals surface area contributed by atoms with Crippen molar-refractivity contribution < 1.29 is 9.18 Å². The molecule has 0 fully saturated rings. The molecule has 88 valence electrons. The number of hydrogen-bond donors (Lipinski definition) is 1. The number of halogens is 3. The lowest BCUT2D eigenvalue weighted by molar-refractivity contribution is 0.103. The van der Waals surface area contributed by atoms with E-state index in [-0.39, 0.29) is 5.91 Å². The number of amides is 1. The lowest BCUT2D eigenvalue weighted by Crippen LogP contribution is -2.10. The molecule has 0 spiro atoms. The van der Waals surface area contributed by atoms with Gasteiger partial charge in [-0.05, 0) is 56.1 Å². The first-order valence-corrected chi connectivity index (χ1v) is 7.03. The van der Waals surface area contributed by atoms with Gasteiger partial charge >= 0.3 is 0 Å². The van der Waals surface area contributed by atoms with Crippen molar-refractivity contribution in [1.29, 1.82) is 0 Å². The van der Waals surface area contributed by atoms with Gasteiger partial charge < -0.3 is 5.32 Å². The predicted molar refractivity (Wildman–Crippen MR) is 74.1 cm³/mol. The maximum absolute atomic E-state index is 13.2. The van der Waals surface area contributed by atoms with E-state index < -0.39 is 5.82 Å². The normalized spacial score (nSPS) is 10.3. The largest absolute Gasteiger partial charge is 0.321 e. The summed E-state index contributed by atoms with van der Waals surface area (Å²) in [4.78, 5) is 12.3. The number of nitrogens with one attached hydrogen (secondary N) is 1. The van der Waals surface area contributed by atoms with Crippen LogP contribution in [0.4, 0.5) is 10.1 Å². The summed E-state index contributed by atoms with van der Waals surface area (Å²) in [5.41, 5.74) is 0.431. The van der Waals surface area contributed by atoms with Crippen molar-refractivity contribution in [3.8, 4) is 0 Å². The Bertz CT molecular complexity index is 570. The van der Waals surface area contributed by atoms with Gasteiger partial charge in [0.2, 0.25) is 0 Å². The van der Waals surface area contributed by atoms with Crippen LogP contribution >= 0.6 is 43.2 Å². The van der Waals surface area contributed by atoms with E-state index in [4.69, 9.17) is 0 Å². The lowest BCUT2D eigenvalue weighted by atomic mass is 10.3. The van der Waals surface area contributed by atoms with Crippen LogP contribution in [0, 0.1) is 5.82 Å². The quantitative estimate of drug-likeness (QED) is 0.808. The molecule has 1 aromatic carbocycles. The van der Waals surface area contributed by atoms with Crippen LogP contribution in [-0.2, 0) is 0 Å². The molecule has 1 aromatic heterocycles. The summed E-state index contributed by atoms with van der Waals surface area (Å²) >= 11 is 7.65. The molecule has 2 rings (SSSR count). The fourth-order valence-electron chi connectivity index (χ4n) is 1.20. The van der Waals surface area contributed by atoms with Crippen LogP contribution in [0.5, 0.6) is 0 Å². The standard InChI is InChI=1S/C11H6Br2FNOS/c12-6-3-10(17-5-6)11(16)15-7-1-2-8(13)9(14)4-7/h1-5H,(H,15,16). The van der Waals surface area contributed by atoms with Crippen LogP contribution in [0.2, 0.25) is 0 Å². The van der Waals surface area contributed by atoms with E-state index in [2.05, 4.69) is 37.2 Å². The Morgan fingerprint density at radius 2 is 2.06 bits per heavy atom. The van der Waals surface area contributed by atoms with Gasteiger partial charge in [-0.15, -0.1) is 11.3 Å². The second-order valence-electron chi connectivity index (χ2n) is 3.21. The Hall–Kier alpha value is -0.720. The van der Waals surface area contributed by atoms with E-state index in [1.165, 1.54) is 17.4 Å². The van der Waals surface area contributed by atoms with E-state index in [0.29, 0.717) is 15.0 Å². The Morgan fingerprint density at radius 3 is 2.65 bits per heavy atom. The summed E-state index contributed by atoms with van der Waals surface area (Å²) < 4.78 is 14.5. The van der Waals surface area contributed by atoms with Crippen LogP contribution in [0.15, 0.2) is 38.6 Å². The second kappa shape index (κ2) is 5.29. The van der Waals surface area contributed by atoms with E-state index in [0.717, 1.165) is 4.47 Å². The molecule has 17 heavy (non-hydrogen) atoms. The fraction of sp³-hybridized carbons (Fsp3) is 0. The number of anilines is 1. The van der Waals surface area contributed by atoms with Gasteiger partial charge in [0.1, 0.15) is 5.82 Å². The van der Waals surface area contributed by atoms with Crippen molar-refractivity contribution in [1.82, 2.24) is 0 Å². The van der Waals surface area contributed by atoms with Crippen molar-refractivity contribution in [2.45, 2.75) is 0 Å². The van der Waals surface area contributed by atoms with Crippen molar-refractivity contribution in [2.75, 3.05) is 5.32 Å². The summed E-state index contributed by atoms with van der Waals surface area (Å²) in [6.45, 7) is 0. The summed E-state index contributed by atoms with van der Waals surface area (Å²) in [5, 5.41) is 4.45. The topological polar surface area (TPSA) is 29.1 Å². The number of rotatable bonds is 2. The maximum Gasteiger partial charge on any atom is 0.265 e.